The topological polar surface area (TPSA) is 35.2 Å². The van der Waals surface area contributed by atoms with Crippen LogP contribution in [-0.2, 0) is 5.41 Å². The Morgan fingerprint density at radius 3 is 2.05 bits per heavy atom. The van der Waals surface area contributed by atoms with Gasteiger partial charge in [0.25, 0.3) is 0 Å². The number of nitrogens with two attached hydrogens (primary N) is 1. The molecule has 4 rings (SSSR count). The zero-order chi connectivity index (χ0) is 13.3. The highest BCUT2D eigenvalue weighted by molar-refractivity contribution is 5.34. The van der Waals surface area contributed by atoms with E-state index in [2.05, 4.69) is 24.3 Å². The second-order valence-corrected chi connectivity index (χ2v) is 6.55. The van der Waals surface area contributed by atoms with Crippen LogP contribution >= 0.6 is 0 Å². The molecule has 19 heavy (non-hydrogen) atoms. The van der Waals surface area contributed by atoms with Gasteiger partial charge in [-0.2, -0.15) is 0 Å². The van der Waals surface area contributed by atoms with Crippen LogP contribution in [0.5, 0.6) is 5.75 Å². The van der Waals surface area contributed by atoms with Crippen molar-refractivity contribution >= 4 is 0 Å². The molecule has 3 aliphatic carbocycles. The zero-order valence-corrected chi connectivity index (χ0v) is 12.0. The highest BCUT2D eigenvalue weighted by Crippen LogP contribution is 2.58. The van der Waals surface area contributed by atoms with E-state index in [1.54, 1.807) is 7.11 Å². The number of fused-ring (bicyclic) bond motifs is 3. The minimum Gasteiger partial charge on any atom is -0.497 e. The first kappa shape index (κ1) is 13.0. The maximum Gasteiger partial charge on any atom is 0.118 e. The van der Waals surface area contributed by atoms with Crippen LogP contribution in [0.3, 0.4) is 0 Å². The minimum atomic E-state index is 0.447. The third kappa shape index (κ3) is 2.16. The van der Waals surface area contributed by atoms with Crippen molar-refractivity contribution in [3.8, 4) is 5.75 Å². The van der Waals surface area contributed by atoms with Crippen molar-refractivity contribution in [2.75, 3.05) is 13.7 Å². The smallest absolute Gasteiger partial charge is 0.118 e. The summed E-state index contributed by atoms with van der Waals surface area (Å²) >= 11 is 0. The Balaban J connectivity index is 1.79. The highest BCUT2D eigenvalue weighted by atomic mass is 16.5. The minimum absolute atomic E-state index is 0.447. The summed E-state index contributed by atoms with van der Waals surface area (Å²) in [5, 5.41) is 0. The molecule has 0 amide bonds. The molecule has 3 aliphatic rings. The van der Waals surface area contributed by atoms with E-state index in [0.29, 0.717) is 10.8 Å². The van der Waals surface area contributed by atoms with Crippen LogP contribution < -0.4 is 10.5 Å². The van der Waals surface area contributed by atoms with Crippen LogP contribution in [0, 0.1) is 5.41 Å². The molecule has 3 saturated carbocycles. The predicted octanol–water partition coefficient (Wildman–Crippen LogP) is 3.64. The molecule has 0 aromatic heterocycles. The summed E-state index contributed by atoms with van der Waals surface area (Å²) in [5.74, 6) is 0.962. The third-order valence-electron chi connectivity index (χ3n) is 5.78. The fourth-order valence-electron chi connectivity index (χ4n) is 4.32. The molecule has 0 saturated heterocycles. The van der Waals surface area contributed by atoms with E-state index in [1.165, 1.54) is 50.5 Å². The van der Waals surface area contributed by atoms with E-state index >= 15 is 0 Å². The Bertz CT molecular complexity index is 413. The number of benzene rings is 1. The first-order valence-corrected chi connectivity index (χ1v) is 7.57. The molecular weight excluding hydrogens is 234 g/mol. The van der Waals surface area contributed by atoms with E-state index in [4.69, 9.17) is 10.5 Å². The molecular formula is C17H25NO. The van der Waals surface area contributed by atoms with E-state index in [0.717, 1.165) is 12.3 Å². The largest absolute Gasteiger partial charge is 0.497 e. The van der Waals surface area contributed by atoms with Crippen molar-refractivity contribution in [3.63, 3.8) is 0 Å². The summed E-state index contributed by atoms with van der Waals surface area (Å²) in [6.45, 7) is 0.857. The Morgan fingerprint density at radius 2 is 1.58 bits per heavy atom. The van der Waals surface area contributed by atoms with Crippen molar-refractivity contribution < 1.29 is 4.74 Å². The van der Waals surface area contributed by atoms with Crippen molar-refractivity contribution in [3.05, 3.63) is 29.8 Å². The number of hydrogen-bond donors (Lipinski definition) is 1. The maximum atomic E-state index is 5.80. The lowest BCUT2D eigenvalue weighted by Gasteiger charge is -2.54. The standard InChI is InChI=1S/C17H25NO/c1-19-15-4-2-14(3-5-15)17-9-6-16(7-10-17,8-11-17)12-13-18/h2-5H,6-13,18H2,1H3. The van der Waals surface area contributed by atoms with Crippen LogP contribution in [0.25, 0.3) is 0 Å². The summed E-state index contributed by atoms with van der Waals surface area (Å²) in [6.07, 6.45) is 9.38. The van der Waals surface area contributed by atoms with Gasteiger partial charge in [0.1, 0.15) is 5.75 Å². The van der Waals surface area contributed by atoms with Gasteiger partial charge in [-0.15, -0.1) is 0 Å². The van der Waals surface area contributed by atoms with Gasteiger partial charge in [-0.3, -0.25) is 0 Å². The van der Waals surface area contributed by atoms with Crippen LogP contribution in [0.1, 0.15) is 50.5 Å². The van der Waals surface area contributed by atoms with Gasteiger partial charge in [-0.05, 0) is 80.0 Å². The number of ether oxygens (including phenoxy) is 1. The predicted molar refractivity (Wildman–Crippen MR) is 78.5 cm³/mol. The normalized spacial score (nSPS) is 33.4. The van der Waals surface area contributed by atoms with Gasteiger partial charge in [0, 0.05) is 0 Å². The van der Waals surface area contributed by atoms with Gasteiger partial charge in [0.2, 0.25) is 0 Å². The fraction of sp³-hybridized carbons (Fsp3) is 0.647. The van der Waals surface area contributed by atoms with Gasteiger partial charge in [-0.25, -0.2) is 0 Å². The molecule has 0 aliphatic heterocycles. The van der Waals surface area contributed by atoms with Crippen molar-refractivity contribution in [2.45, 2.75) is 50.4 Å². The summed E-state index contributed by atoms with van der Waals surface area (Å²) in [7, 11) is 1.73. The summed E-state index contributed by atoms with van der Waals surface area (Å²) < 4.78 is 5.27. The molecule has 3 fully saturated rings. The molecule has 0 atom stereocenters. The fourth-order valence-corrected chi connectivity index (χ4v) is 4.32. The van der Waals surface area contributed by atoms with Crippen LogP contribution in [0.2, 0.25) is 0 Å². The quantitative estimate of drug-likeness (QED) is 0.896. The SMILES string of the molecule is COc1ccc(C23CCC(CCN)(CC2)CC3)cc1. The molecule has 2 heteroatoms. The average molecular weight is 259 g/mol. The zero-order valence-electron chi connectivity index (χ0n) is 12.0. The third-order valence-corrected chi connectivity index (χ3v) is 5.78. The molecule has 2 bridgehead atoms. The molecule has 0 spiro atoms. The molecule has 1 aromatic carbocycles. The Hall–Kier alpha value is -1.02. The lowest BCUT2D eigenvalue weighted by atomic mass is 9.51. The monoisotopic (exact) mass is 259 g/mol. The van der Waals surface area contributed by atoms with Crippen molar-refractivity contribution in [2.24, 2.45) is 11.1 Å². The van der Waals surface area contributed by atoms with Gasteiger partial charge < -0.3 is 10.5 Å². The van der Waals surface area contributed by atoms with E-state index in [-0.39, 0.29) is 0 Å². The van der Waals surface area contributed by atoms with Crippen molar-refractivity contribution in [1.29, 1.82) is 0 Å². The second kappa shape index (κ2) is 4.82. The molecule has 0 unspecified atom stereocenters. The Kier molecular flexibility index (Phi) is 3.30. The molecule has 104 valence electrons. The molecule has 0 heterocycles. The molecule has 0 radical (unpaired) electrons. The summed E-state index contributed by atoms with van der Waals surface area (Å²) in [6, 6.07) is 8.78. The van der Waals surface area contributed by atoms with Crippen molar-refractivity contribution in [1.82, 2.24) is 0 Å². The Morgan fingerprint density at radius 1 is 1.00 bits per heavy atom. The number of hydrogen-bond acceptors (Lipinski definition) is 2. The summed E-state index contributed by atoms with van der Waals surface area (Å²) in [4.78, 5) is 0. The maximum absolute atomic E-state index is 5.80. The highest BCUT2D eigenvalue weighted by Gasteiger charge is 2.48. The number of methoxy groups -OCH3 is 1. The van der Waals surface area contributed by atoms with Crippen LogP contribution in [0.4, 0.5) is 0 Å². The van der Waals surface area contributed by atoms with Gasteiger partial charge in [-0.1, -0.05) is 12.1 Å². The molecule has 2 N–H and O–H groups in total. The first-order chi connectivity index (χ1) is 9.22. The summed E-state index contributed by atoms with van der Waals surface area (Å²) in [5.41, 5.74) is 8.36. The second-order valence-electron chi connectivity index (χ2n) is 6.55. The van der Waals surface area contributed by atoms with Gasteiger partial charge >= 0.3 is 0 Å². The first-order valence-electron chi connectivity index (χ1n) is 7.57. The Labute approximate surface area is 116 Å². The van der Waals surface area contributed by atoms with Gasteiger partial charge in [0.05, 0.1) is 7.11 Å². The van der Waals surface area contributed by atoms with E-state index in [9.17, 15) is 0 Å². The van der Waals surface area contributed by atoms with E-state index < -0.39 is 0 Å². The van der Waals surface area contributed by atoms with Crippen LogP contribution in [-0.4, -0.2) is 13.7 Å². The molecule has 2 nitrogen and oxygen atoms in total. The van der Waals surface area contributed by atoms with Gasteiger partial charge in [0.15, 0.2) is 0 Å². The average Bonchev–Trinajstić information content (AvgIpc) is 2.49. The molecule has 1 aromatic rings. The van der Waals surface area contributed by atoms with E-state index in [1.807, 2.05) is 0 Å². The van der Waals surface area contributed by atoms with Crippen LogP contribution in [0.15, 0.2) is 24.3 Å². The number of rotatable bonds is 4. The lowest BCUT2D eigenvalue weighted by Crippen LogP contribution is -2.44. The lowest BCUT2D eigenvalue weighted by molar-refractivity contribution is 0.0346.